The summed E-state index contributed by atoms with van der Waals surface area (Å²) in [7, 11) is 0. The molecule has 0 bridgehead atoms. The van der Waals surface area contributed by atoms with Crippen molar-refractivity contribution in [1.82, 2.24) is 10.2 Å². The lowest BCUT2D eigenvalue weighted by Gasteiger charge is -2.27. The van der Waals surface area contributed by atoms with Gasteiger partial charge in [0.2, 0.25) is 0 Å². The Bertz CT molecular complexity index is 421. The van der Waals surface area contributed by atoms with Gasteiger partial charge in [-0.15, -0.1) is 0 Å². The minimum Gasteiger partial charge on any atom is -0.335 e. The van der Waals surface area contributed by atoms with E-state index in [1.807, 2.05) is 11.8 Å². The number of hydrogen-bond donors (Lipinski definition) is 1. The minimum absolute atomic E-state index is 0.0752. The van der Waals surface area contributed by atoms with Crippen LogP contribution in [0.25, 0.3) is 0 Å². The molecule has 1 aromatic rings. The summed E-state index contributed by atoms with van der Waals surface area (Å²) >= 11 is 0. The van der Waals surface area contributed by atoms with E-state index in [2.05, 4.69) is 5.32 Å². The SMILES string of the molecule is CCN(C(=O)c1cc(C)cc(F)c1)C1CCNC1. The number of nitrogens with zero attached hydrogens (tertiary/aromatic N) is 1. The average molecular weight is 250 g/mol. The second kappa shape index (κ2) is 5.48. The van der Waals surface area contributed by atoms with Gasteiger partial charge in [0.25, 0.3) is 5.91 Å². The van der Waals surface area contributed by atoms with Gasteiger partial charge in [-0.2, -0.15) is 0 Å². The number of aryl methyl sites for hydroxylation is 1. The van der Waals surface area contributed by atoms with Crippen molar-refractivity contribution in [1.29, 1.82) is 0 Å². The second-order valence-corrected chi connectivity index (χ2v) is 4.76. The van der Waals surface area contributed by atoms with Crippen molar-refractivity contribution in [2.75, 3.05) is 19.6 Å². The van der Waals surface area contributed by atoms with Crippen molar-refractivity contribution in [3.8, 4) is 0 Å². The fourth-order valence-electron chi connectivity index (χ4n) is 2.50. The van der Waals surface area contributed by atoms with Gasteiger partial charge in [-0.25, -0.2) is 4.39 Å². The molecule has 1 aromatic carbocycles. The van der Waals surface area contributed by atoms with Gasteiger partial charge >= 0.3 is 0 Å². The second-order valence-electron chi connectivity index (χ2n) is 4.76. The molecule has 1 N–H and O–H groups in total. The van der Waals surface area contributed by atoms with Gasteiger partial charge in [-0.1, -0.05) is 0 Å². The number of benzene rings is 1. The van der Waals surface area contributed by atoms with Crippen LogP contribution in [0.15, 0.2) is 18.2 Å². The molecule has 3 nitrogen and oxygen atoms in total. The number of rotatable bonds is 3. The maximum atomic E-state index is 13.3. The molecule has 0 saturated carbocycles. The zero-order valence-electron chi connectivity index (χ0n) is 10.9. The van der Waals surface area contributed by atoms with Crippen molar-refractivity contribution < 1.29 is 9.18 Å². The summed E-state index contributed by atoms with van der Waals surface area (Å²) in [5.74, 6) is -0.423. The number of carbonyl (C=O) groups is 1. The van der Waals surface area contributed by atoms with Gasteiger partial charge in [-0.3, -0.25) is 4.79 Å². The van der Waals surface area contributed by atoms with E-state index >= 15 is 0 Å². The van der Waals surface area contributed by atoms with E-state index in [1.165, 1.54) is 12.1 Å². The summed E-state index contributed by atoms with van der Waals surface area (Å²) in [6.45, 7) is 6.18. The van der Waals surface area contributed by atoms with Gasteiger partial charge in [0.05, 0.1) is 0 Å². The van der Waals surface area contributed by atoms with Crippen molar-refractivity contribution in [3.05, 3.63) is 35.1 Å². The molecule has 0 aromatic heterocycles. The fourth-order valence-corrected chi connectivity index (χ4v) is 2.50. The van der Waals surface area contributed by atoms with Crippen LogP contribution in [0.1, 0.15) is 29.3 Å². The number of halogens is 1. The minimum atomic E-state index is -0.348. The van der Waals surface area contributed by atoms with Crippen LogP contribution in [0.2, 0.25) is 0 Å². The van der Waals surface area contributed by atoms with Gasteiger partial charge in [0.15, 0.2) is 0 Å². The van der Waals surface area contributed by atoms with Gasteiger partial charge in [-0.05, 0) is 50.6 Å². The van der Waals surface area contributed by atoms with E-state index in [4.69, 9.17) is 0 Å². The number of likely N-dealkylation sites (N-methyl/N-ethyl adjacent to an activating group) is 1. The molecule has 1 aliphatic heterocycles. The monoisotopic (exact) mass is 250 g/mol. The van der Waals surface area contributed by atoms with Crippen molar-refractivity contribution in [3.63, 3.8) is 0 Å². The molecule has 1 amide bonds. The molecule has 4 heteroatoms. The number of nitrogens with one attached hydrogen (secondary N) is 1. The quantitative estimate of drug-likeness (QED) is 0.889. The van der Waals surface area contributed by atoms with Crippen molar-refractivity contribution >= 4 is 5.91 Å². The third-order valence-corrected chi connectivity index (χ3v) is 3.37. The van der Waals surface area contributed by atoms with E-state index < -0.39 is 0 Å². The van der Waals surface area contributed by atoms with Crippen LogP contribution >= 0.6 is 0 Å². The van der Waals surface area contributed by atoms with Crippen LogP contribution in [0.4, 0.5) is 4.39 Å². The molecule has 98 valence electrons. The normalized spacial score (nSPS) is 18.9. The Hall–Kier alpha value is -1.42. The molecule has 1 heterocycles. The highest BCUT2D eigenvalue weighted by Crippen LogP contribution is 2.15. The molecular formula is C14H19FN2O. The summed E-state index contributed by atoms with van der Waals surface area (Å²) in [4.78, 5) is 14.2. The summed E-state index contributed by atoms with van der Waals surface area (Å²) < 4.78 is 13.3. The van der Waals surface area contributed by atoms with Crippen LogP contribution in [-0.4, -0.2) is 36.5 Å². The smallest absolute Gasteiger partial charge is 0.254 e. The first-order valence-corrected chi connectivity index (χ1v) is 6.40. The molecule has 2 rings (SSSR count). The van der Waals surface area contributed by atoms with Crippen molar-refractivity contribution in [2.24, 2.45) is 0 Å². The largest absolute Gasteiger partial charge is 0.335 e. The fraction of sp³-hybridized carbons (Fsp3) is 0.500. The molecule has 1 fully saturated rings. The van der Waals surface area contributed by atoms with Crippen LogP contribution in [0, 0.1) is 12.7 Å². The predicted molar refractivity (Wildman–Crippen MR) is 69.1 cm³/mol. The first kappa shape index (κ1) is 13.0. The maximum absolute atomic E-state index is 13.3. The molecule has 0 radical (unpaired) electrons. The Balaban J connectivity index is 2.22. The first-order chi connectivity index (χ1) is 8.61. The number of amides is 1. The van der Waals surface area contributed by atoms with Crippen LogP contribution in [-0.2, 0) is 0 Å². The standard InChI is InChI=1S/C14H19FN2O/c1-3-17(13-4-5-16-9-13)14(18)11-6-10(2)7-12(15)8-11/h6-8,13,16H,3-5,9H2,1-2H3. The Morgan fingerprint density at radius 1 is 1.50 bits per heavy atom. The summed E-state index contributed by atoms with van der Waals surface area (Å²) in [5, 5.41) is 3.25. The molecule has 0 aliphatic carbocycles. The zero-order valence-corrected chi connectivity index (χ0v) is 10.9. The molecule has 1 saturated heterocycles. The zero-order chi connectivity index (χ0) is 13.1. The molecule has 1 unspecified atom stereocenters. The molecule has 1 aliphatic rings. The van der Waals surface area contributed by atoms with Gasteiger partial charge < -0.3 is 10.2 Å². The lowest BCUT2D eigenvalue weighted by Crippen LogP contribution is -2.41. The van der Waals surface area contributed by atoms with Crippen LogP contribution < -0.4 is 5.32 Å². The van der Waals surface area contributed by atoms with Gasteiger partial charge in [0, 0.05) is 24.7 Å². The Morgan fingerprint density at radius 2 is 2.28 bits per heavy atom. The number of carbonyl (C=O) groups excluding carboxylic acids is 1. The molecule has 0 spiro atoms. The maximum Gasteiger partial charge on any atom is 0.254 e. The highest BCUT2D eigenvalue weighted by atomic mass is 19.1. The Kier molecular flexibility index (Phi) is 3.97. The lowest BCUT2D eigenvalue weighted by molar-refractivity contribution is 0.0703. The Morgan fingerprint density at radius 3 is 2.83 bits per heavy atom. The van der Waals surface area contributed by atoms with Gasteiger partial charge in [0.1, 0.15) is 5.82 Å². The summed E-state index contributed by atoms with van der Waals surface area (Å²) in [6, 6.07) is 4.73. The number of hydrogen-bond acceptors (Lipinski definition) is 2. The molecule has 18 heavy (non-hydrogen) atoms. The highest BCUT2D eigenvalue weighted by Gasteiger charge is 2.26. The topological polar surface area (TPSA) is 32.3 Å². The van der Waals surface area contributed by atoms with E-state index in [0.29, 0.717) is 12.1 Å². The van der Waals surface area contributed by atoms with Crippen LogP contribution in [0.3, 0.4) is 0 Å². The third kappa shape index (κ3) is 2.70. The highest BCUT2D eigenvalue weighted by molar-refractivity contribution is 5.94. The molecule has 1 atom stereocenters. The van der Waals surface area contributed by atoms with E-state index in [9.17, 15) is 9.18 Å². The Labute approximate surface area is 107 Å². The van der Waals surface area contributed by atoms with E-state index in [1.54, 1.807) is 13.0 Å². The summed E-state index contributed by atoms with van der Waals surface area (Å²) in [5.41, 5.74) is 1.22. The van der Waals surface area contributed by atoms with E-state index in [-0.39, 0.29) is 17.8 Å². The lowest BCUT2D eigenvalue weighted by atomic mass is 10.1. The third-order valence-electron chi connectivity index (χ3n) is 3.37. The molecular weight excluding hydrogens is 231 g/mol. The van der Waals surface area contributed by atoms with Crippen LogP contribution in [0.5, 0.6) is 0 Å². The summed E-state index contributed by atoms with van der Waals surface area (Å²) in [6.07, 6.45) is 0.966. The van der Waals surface area contributed by atoms with Crippen molar-refractivity contribution in [2.45, 2.75) is 26.3 Å². The van der Waals surface area contributed by atoms with E-state index in [0.717, 1.165) is 25.1 Å². The first-order valence-electron chi connectivity index (χ1n) is 6.40. The average Bonchev–Trinajstić information content (AvgIpc) is 2.82. The predicted octanol–water partition coefficient (Wildman–Crippen LogP) is 1.96.